The molecule has 0 atom stereocenters. The van der Waals surface area contributed by atoms with Crippen LogP contribution in [0.15, 0.2) is 18.2 Å². The number of ketones is 1. The predicted octanol–water partition coefficient (Wildman–Crippen LogP) is 2.23. The van der Waals surface area contributed by atoms with Crippen LogP contribution in [0.5, 0.6) is 5.75 Å². The summed E-state index contributed by atoms with van der Waals surface area (Å²) in [5.41, 5.74) is 0.113. The molecule has 1 aromatic carbocycles. The van der Waals surface area contributed by atoms with Gasteiger partial charge in [0.1, 0.15) is 18.2 Å². The zero-order valence-electron chi connectivity index (χ0n) is 11.1. The number of sulfone groups is 1. The quantitative estimate of drug-likeness (QED) is 0.753. The predicted molar refractivity (Wildman–Crippen MR) is 70.8 cm³/mol. The number of ether oxygens (including phenoxy) is 1. The fourth-order valence-corrected chi connectivity index (χ4v) is 2.19. The van der Waals surface area contributed by atoms with Crippen molar-refractivity contribution in [3.63, 3.8) is 0 Å². The van der Waals surface area contributed by atoms with Gasteiger partial charge in [-0.25, -0.2) is 12.8 Å². The lowest BCUT2D eigenvalue weighted by molar-refractivity contribution is 0.101. The molecule has 0 spiro atoms. The molecule has 1 rings (SSSR count). The lowest BCUT2D eigenvalue weighted by Gasteiger charge is -2.11. The molecule has 6 heteroatoms. The smallest absolute Gasteiger partial charge is 0.163 e. The van der Waals surface area contributed by atoms with E-state index in [0.29, 0.717) is 0 Å². The molecule has 0 heterocycles. The molecule has 106 valence electrons. The van der Waals surface area contributed by atoms with Gasteiger partial charge in [0.05, 0.1) is 16.6 Å². The Balaban J connectivity index is 2.77. The van der Waals surface area contributed by atoms with Crippen molar-refractivity contribution in [3.05, 3.63) is 29.6 Å². The Kier molecular flexibility index (Phi) is 5.05. The molecule has 0 amide bonds. The van der Waals surface area contributed by atoms with Gasteiger partial charge >= 0.3 is 0 Å². The van der Waals surface area contributed by atoms with Gasteiger partial charge in [0, 0.05) is 0 Å². The average Bonchev–Trinajstić information content (AvgIpc) is 2.30. The third-order valence-electron chi connectivity index (χ3n) is 2.66. The van der Waals surface area contributed by atoms with E-state index in [4.69, 9.17) is 4.74 Å². The summed E-state index contributed by atoms with van der Waals surface area (Å²) in [4.78, 5) is 11.3. The summed E-state index contributed by atoms with van der Waals surface area (Å²) in [6, 6.07) is 3.57. The average molecular weight is 288 g/mol. The first kappa shape index (κ1) is 15.6. The second-order valence-corrected chi connectivity index (χ2v) is 7.14. The van der Waals surface area contributed by atoms with Crippen molar-refractivity contribution in [1.82, 2.24) is 0 Å². The molecule has 1 aromatic rings. The minimum atomic E-state index is -3.19. The highest BCUT2D eigenvalue weighted by molar-refractivity contribution is 7.91. The van der Waals surface area contributed by atoms with Crippen molar-refractivity contribution in [2.24, 2.45) is 0 Å². The zero-order chi connectivity index (χ0) is 14.6. The number of carbonyl (C=O) groups is 1. The van der Waals surface area contributed by atoms with Gasteiger partial charge in [0.15, 0.2) is 15.6 Å². The number of Topliss-reactive ketones (excluding diaryl/α,β-unsaturated/α-hetero) is 1. The van der Waals surface area contributed by atoms with Crippen molar-refractivity contribution in [2.45, 2.75) is 26.0 Å². The van der Waals surface area contributed by atoms with Crippen LogP contribution in [0, 0.1) is 5.82 Å². The van der Waals surface area contributed by atoms with Gasteiger partial charge in [-0.15, -0.1) is 0 Å². The second-order valence-electron chi connectivity index (χ2n) is 4.46. The van der Waals surface area contributed by atoms with Gasteiger partial charge in [0.25, 0.3) is 0 Å². The van der Waals surface area contributed by atoms with Gasteiger partial charge in [-0.1, -0.05) is 0 Å². The molecule has 0 aliphatic rings. The van der Waals surface area contributed by atoms with Crippen LogP contribution in [0.1, 0.15) is 31.1 Å². The van der Waals surface area contributed by atoms with E-state index in [1.165, 1.54) is 19.1 Å². The first-order valence-electron chi connectivity index (χ1n) is 5.89. The monoisotopic (exact) mass is 288 g/mol. The van der Waals surface area contributed by atoms with Crippen LogP contribution >= 0.6 is 0 Å². The Hall–Kier alpha value is -1.43. The van der Waals surface area contributed by atoms with E-state index in [2.05, 4.69) is 0 Å². The first-order chi connectivity index (χ1) is 8.74. The summed E-state index contributed by atoms with van der Waals surface area (Å²) >= 11 is 0. The highest BCUT2D eigenvalue weighted by Crippen LogP contribution is 2.20. The van der Waals surface area contributed by atoms with E-state index in [0.717, 1.165) is 6.07 Å². The van der Waals surface area contributed by atoms with E-state index in [1.807, 2.05) is 0 Å². The lowest BCUT2D eigenvalue weighted by Crippen LogP contribution is -2.22. The fourth-order valence-electron chi connectivity index (χ4n) is 1.41. The third-order valence-corrected chi connectivity index (χ3v) is 4.84. The van der Waals surface area contributed by atoms with E-state index >= 15 is 0 Å². The van der Waals surface area contributed by atoms with Crippen LogP contribution < -0.4 is 4.74 Å². The molecule has 0 aliphatic carbocycles. The van der Waals surface area contributed by atoms with E-state index in [-0.39, 0.29) is 29.5 Å². The number of carbonyl (C=O) groups excluding carboxylic acids is 1. The molecule has 19 heavy (non-hydrogen) atoms. The Morgan fingerprint density at radius 3 is 2.53 bits per heavy atom. The summed E-state index contributed by atoms with van der Waals surface area (Å²) in [6.45, 7) is 4.42. The van der Waals surface area contributed by atoms with Crippen molar-refractivity contribution >= 4 is 15.6 Å². The van der Waals surface area contributed by atoms with Gasteiger partial charge in [-0.2, -0.15) is 0 Å². The number of benzene rings is 1. The Morgan fingerprint density at radius 1 is 1.37 bits per heavy atom. The molecule has 4 nitrogen and oxygen atoms in total. The van der Waals surface area contributed by atoms with Crippen molar-refractivity contribution in [2.75, 3.05) is 12.4 Å². The summed E-state index contributed by atoms with van der Waals surface area (Å²) in [5.74, 6) is -0.805. The maximum Gasteiger partial charge on any atom is 0.163 e. The van der Waals surface area contributed by atoms with E-state index in [1.54, 1.807) is 13.8 Å². The number of hydrogen-bond acceptors (Lipinski definition) is 4. The minimum absolute atomic E-state index is 0.0631. The van der Waals surface area contributed by atoms with Gasteiger partial charge in [-0.05, 0) is 39.0 Å². The maximum atomic E-state index is 13.0. The Labute approximate surface area is 112 Å². The zero-order valence-corrected chi connectivity index (χ0v) is 12.0. The highest BCUT2D eigenvalue weighted by atomic mass is 32.2. The summed E-state index contributed by atoms with van der Waals surface area (Å²) in [6.07, 6.45) is 0. The largest absolute Gasteiger partial charge is 0.492 e. The number of halogens is 1. The minimum Gasteiger partial charge on any atom is -0.492 e. The topological polar surface area (TPSA) is 60.4 Å². The first-order valence-corrected chi connectivity index (χ1v) is 7.60. The Bertz CT molecular complexity index is 564. The maximum absolute atomic E-state index is 13.0. The number of rotatable bonds is 6. The molecule has 0 saturated carbocycles. The molecule has 0 fully saturated rings. The van der Waals surface area contributed by atoms with Crippen LogP contribution in [0.25, 0.3) is 0 Å². The molecule has 0 N–H and O–H groups in total. The van der Waals surface area contributed by atoms with Gasteiger partial charge in [-0.3, -0.25) is 4.79 Å². The molecule has 0 radical (unpaired) electrons. The van der Waals surface area contributed by atoms with Crippen LogP contribution in [-0.4, -0.2) is 31.8 Å². The lowest BCUT2D eigenvalue weighted by atomic mass is 10.1. The van der Waals surface area contributed by atoms with Crippen molar-refractivity contribution in [3.8, 4) is 5.75 Å². The molecule has 0 aromatic heterocycles. The van der Waals surface area contributed by atoms with Crippen LogP contribution in [0.2, 0.25) is 0 Å². The third kappa shape index (κ3) is 4.31. The molecule has 0 aliphatic heterocycles. The summed E-state index contributed by atoms with van der Waals surface area (Å²) in [5, 5.41) is -0.475. The van der Waals surface area contributed by atoms with Crippen molar-refractivity contribution < 1.29 is 22.3 Å². The summed E-state index contributed by atoms with van der Waals surface area (Å²) in [7, 11) is -3.19. The molecule has 0 unspecified atom stereocenters. The van der Waals surface area contributed by atoms with E-state index < -0.39 is 20.9 Å². The SMILES string of the molecule is CC(=O)c1cc(F)ccc1OCCS(=O)(=O)C(C)C. The standard InChI is InChI=1S/C13H17FO4S/c1-9(2)19(16,17)7-6-18-13-5-4-11(14)8-12(13)10(3)15/h4-5,8-9H,6-7H2,1-3H3. The molecular formula is C13H17FO4S. The fraction of sp³-hybridized carbons (Fsp3) is 0.462. The highest BCUT2D eigenvalue weighted by Gasteiger charge is 2.17. The molecule has 0 bridgehead atoms. The van der Waals surface area contributed by atoms with E-state index in [9.17, 15) is 17.6 Å². The van der Waals surface area contributed by atoms with Crippen molar-refractivity contribution in [1.29, 1.82) is 0 Å². The number of hydrogen-bond donors (Lipinski definition) is 0. The van der Waals surface area contributed by atoms with Gasteiger partial charge in [0.2, 0.25) is 0 Å². The van der Waals surface area contributed by atoms with Gasteiger partial charge < -0.3 is 4.74 Å². The summed E-state index contributed by atoms with van der Waals surface area (Å²) < 4.78 is 41.5. The van der Waals surface area contributed by atoms with Crippen LogP contribution in [0.3, 0.4) is 0 Å². The Morgan fingerprint density at radius 2 is 2.00 bits per heavy atom. The normalized spacial score (nSPS) is 11.6. The molecular weight excluding hydrogens is 271 g/mol. The van der Waals surface area contributed by atoms with Crippen LogP contribution in [-0.2, 0) is 9.84 Å². The molecule has 0 saturated heterocycles. The second kappa shape index (κ2) is 6.14. The van der Waals surface area contributed by atoms with Crippen LogP contribution in [0.4, 0.5) is 4.39 Å².